The molecule has 2 heterocycles. The summed E-state index contributed by atoms with van der Waals surface area (Å²) in [5.74, 6) is -6.03. The van der Waals surface area contributed by atoms with Crippen LogP contribution in [-0.4, -0.2) is 147 Å². The number of likely N-dealkylation sites (N-methyl/N-ethyl adjacent to an activating group) is 1. The van der Waals surface area contributed by atoms with E-state index in [1.54, 1.807) is 55.6 Å². The number of benzene rings is 4. The summed E-state index contributed by atoms with van der Waals surface area (Å²) in [7, 11) is 0. The van der Waals surface area contributed by atoms with Gasteiger partial charge in [0.25, 0.3) is 0 Å². The first-order valence-electron chi connectivity index (χ1n) is 28.1. The van der Waals surface area contributed by atoms with Crippen molar-refractivity contribution in [3.63, 3.8) is 0 Å². The van der Waals surface area contributed by atoms with Crippen molar-refractivity contribution in [3.05, 3.63) is 131 Å². The summed E-state index contributed by atoms with van der Waals surface area (Å²) in [4.78, 5) is 122. The van der Waals surface area contributed by atoms with Crippen molar-refractivity contribution >= 4 is 75.7 Å². The molecule has 6 rings (SSSR count). The Morgan fingerprint density at radius 1 is 0.679 bits per heavy atom. The molecule has 7 atom stereocenters. The number of nitrogens with one attached hydrogen (secondary N) is 8. The number of phenolic OH excluding ortho intramolecular Hbond substituents is 2. The highest BCUT2D eigenvalue weighted by atomic mass is 35.5. The van der Waals surface area contributed by atoms with Crippen molar-refractivity contribution in [2.45, 2.75) is 127 Å². The fourth-order valence-electron chi connectivity index (χ4n) is 9.87. The molecule has 84 heavy (non-hydrogen) atoms. The van der Waals surface area contributed by atoms with E-state index in [-0.39, 0.29) is 87.3 Å². The number of aryl methyl sites for hydroxylation is 1. The fraction of sp³-hybridized carbons (Fsp3) is 0.417. The Kier molecular flexibility index (Phi) is 24.3. The number of nitrogens with two attached hydrogens (primary N) is 2. The third kappa shape index (κ3) is 19.5. The molecule has 4 aromatic carbocycles. The van der Waals surface area contributed by atoms with Crippen LogP contribution < -0.4 is 48.7 Å². The third-order valence-corrected chi connectivity index (χ3v) is 14.5. The topological polar surface area (TPSA) is 365 Å². The van der Waals surface area contributed by atoms with Gasteiger partial charge in [0.2, 0.25) is 47.3 Å². The zero-order valence-electron chi connectivity index (χ0n) is 47.4. The number of amides is 8. The summed E-state index contributed by atoms with van der Waals surface area (Å²) in [6, 6.07) is 16.8. The number of H-pyrrole nitrogens is 1. The molecule has 0 spiro atoms. The SMILES string of the molecule is CCNC(=O)[C@@H]1CCCN1C(=O)[C@H](CCCN=C(N)N)NC(=O)[C@H](CC(C)C)NC(=O)[C@@H](Cc1c[nH]c2ccccc12)NC(=O)[C@H](Cc1ccc(O)cc1)NC(=O)[C@H](CO)NC(=O)[C@@H](Cc1ccc(O)cc1)NC(=O)CCc1ccc(Cl)cc1. The van der Waals surface area contributed by atoms with Crippen LogP contribution in [0.15, 0.2) is 108 Å². The van der Waals surface area contributed by atoms with Gasteiger partial charge in [0, 0.05) is 67.4 Å². The number of aliphatic imine (C=N–C) groups is 1. The summed E-state index contributed by atoms with van der Waals surface area (Å²) in [6.45, 7) is 5.27. The van der Waals surface area contributed by atoms with Crippen molar-refractivity contribution in [2.24, 2.45) is 22.4 Å². The van der Waals surface area contributed by atoms with E-state index < -0.39 is 90.3 Å². The Balaban J connectivity index is 1.26. The highest BCUT2D eigenvalue weighted by Crippen LogP contribution is 2.23. The van der Waals surface area contributed by atoms with E-state index in [1.165, 1.54) is 41.3 Å². The maximum Gasteiger partial charge on any atom is 0.245 e. The van der Waals surface area contributed by atoms with Crippen LogP contribution >= 0.6 is 11.6 Å². The molecule has 1 saturated heterocycles. The Hall–Kier alpha value is -8.70. The lowest BCUT2D eigenvalue weighted by Crippen LogP contribution is -2.61. The molecule has 1 fully saturated rings. The van der Waals surface area contributed by atoms with Gasteiger partial charge in [-0.2, -0.15) is 0 Å². The number of guanidine groups is 1. The molecule has 0 bridgehead atoms. The first-order chi connectivity index (χ1) is 40.2. The number of hydrogen-bond acceptors (Lipinski definition) is 12. The molecule has 1 aromatic heterocycles. The molecule has 450 valence electrons. The molecule has 0 unspecified atom stereocenters. The Bertz CT molecular complexity index is 3080. The number of aliphatic hydroxyl groups is 1. The quantitative estimate of drug-likeness (QED) is 0.0178. The summed E-state index contributed by atoms with van der Waals surface area (Å²) in [6.07, 6.45) is 2.96. The number of carbonyl (C=O) groups excluding carboxylic acids is 8. The number of aromatic amines is 1. The molecule has 8 amide bonds. The standard InChI is InChI=1S/C60H77ClN12O11/c1-4-64-58(83)51-12-8-28-73(51)59(84)45(11-7-27-65-60(62)63)68-53(78)46(29-35(2)3)69-56(81)49(32-39-33-66-44-10-6-5-9-43(39)44)71-55(80)48(31-38-17-24-42(76)25-18-38)70-57(82)50(34-74)72-54(79)47(30-37-15-22-41(75)23-16-37)67-52(77)26-19-36-13-20-40(61)21-14-36/h5-6,9-10,13-18,20-25,33,35,45-51,66,74-76H,4,7-8,11-12,19,26-32,34H2,1-3H3,(H,64,83)(H,67,77)(H,68,78)(H,69,81)(H,70,82)(H,71,80)(H,72,79)(H4,62,63,65)/t45-,46-,47+,48-,49+,50-,51-/m0/s1. The maximum atomic E-state index is 14.9. The molecule has 1 aliphatic heterocycles. The number of aromatic hydroxyl groups is 2. The van der Waals surface area contributed by atoms with Gasteiger partial charge in [-0.3, -0.25) is 43.3 Å². The van der Waals surface area contributed by atoms with E-state index in [4.69, 9.17) is 23.1 Å². The summed E-state index contributed by atoms with van der Waals surface area (Å²) in [5, 5.41) is 51.1. The highest BCUT2D eigenvalue weighted by Gasteiger charge is 2.39. The van der Waals surface area contributed by atoms with Crippen LogP contribution in [-0.2, 0) is 64.0 Å². The second kappa shape index (κ2) is 31.7. The number of phenols is 2. The number of fused-ring (bicyclic) bond motifs is 1. The van der Waals surface area contributed by atoms with Gasteiger partial charge < -0.3 is 73.9 Å². The average molecular weight is 1180 g/mol. The van der Waals surface area contributed by atoms with E-state index in [0.29, 0.717) is 47.5 Å². The van der Waals surface area contributed by atoms with Crippen LogP contribution in [0.3, 0.4) is 0 Å². The number of aromatic nitrogens is 1. The highest BCUT2D eigenvalue weighted by molar-refractivity contribution is 6.30. The Morgan fingerprint density at radius 3 is 1.79 bits per heavy atom. The number of halogens is 1. The number of para-hydroxylation sites is 1. The van der Waals surface area contributed by atoms with Crippen LogP contribution in [0.1, 0.15) is 81.5 Å². The summed E-state index contributed by atoms with van der Waals surface area (Å²) >= 11 is 6.03. The third-order valence-electron chi connectivity index (χ3n) is 14.2. The number of likely N-dealkylation sites (tertiary alicyclic amines) is 1. The van der Waals surface area contributed by atoms with Gasteiger partial charge in [0.1, 0.15) is 53.8 Å². The smallest absolute Gasteiger partial charge is 0.245 e. The molecule has 24 heteroatoms. The Morgan fingerprint density at radius 2 is 1.20 bits per heavy atom. The second-order valence-corrected chi connectivity index (χ2v) is 21.6. The van der Waals surface area contributed by atoms with E-state index in [9.17, 15) is 53.7 Å². The minimum absolute atomic E-state index is 0.0190. The van der Waals surface area contributed by atoms with E-state index >= 15 is 0 Å². The van der Waals surface area contributed by atoms with Gasteiger partial charge in [-0.15, -0.1) is 0 Å². The van der Waals surface area contributed by atoms with Gasteiger partial charge in [-0.1, -0.05) is 80.0 Å². The minimum Gasteiger partial charge on any atom is -0.508 e. The van der Waals surface area contributed by atoms with Crippen molar-refractivity contribution in [1.82, 2.24) is 47.1 Å². The predicted octanol–water partition coefficient (Wildman–Crippen LogP) is 2.02. The number of hydrogen-bond donors (Lipinski definition) is 13. The number of nitrogens with zero attached hydrogens (tertiary/aromatic N) is 2. The molecule has 0 aliphatic carbocycles. The van der Waals surface area contributed by atoms with Crippen LogP contribution in [0.4, 0.5) is 0 Å². The number of carbonyl (C=O) groups is 8. The molecular weight excluding hydrogens is 1100 g/mol. The van der Waals surface area contributed by atoms with Crippen LogP contribution in [0, 0.1) is 5.92 Å². The van der Waals surface area contributed by atoms with E-state index in [1.807, 2.05) is 32.0 Å². The lowest BCUT2D eigenvalue weighted by atomic mass is 9.99. The largest absolute Gasteiger partial charge is 0.508 e. The second-order valence-electron chi connectivity index (χ2n) is 21.2. The maximum absolute atomic E-state index is 14.9. The van der Waals surface area contributed by atoms with Crippen LogP contribution in [0.2, 0.25) is 5.02 Å². The van der Waals surface area contributed by atoms with Gasteiger partial charge in [0.15, 0.2) is 5.96 Å². The lowest BCUT2D eigenvalue weighted by molar-refractivity contribution is -0.142. The predicted molar refractivity (Wildman–Crippen MR) is 317 cm³/mol. The average Bonchev–Trinajstić information content (AvgIpc) is 4.25. The molecule has 15 N–H and O–H groups in total. The van der Waals surface area contributed by atoms with Crippen LogP contribution in [0.25, 0.3) is 10.9 Å². The molecule has 23 nitrogen and oxygen atoms in total. The normalized spacial score (nSPS) is 15.1. The van der Waals surface area contributed by atoms with Crippen molar-refractivity contribution in [1.29, 1.82) is 0 Å². The monoisotopic (exact) mass is 1180 g/mol. The summed E-state index contributed by atoms with van der Waals surface area (Å²) < 4.78 is 0. The fourth-order valence-corrected chi connectivity index (χ4v) is 10.00. The molecule has 0 saturated carbocycles. The first-order valence-corrected chi connectivity index (χ1v) is 28.5. The summed E-state index contributed by atoms with van der Waals surface area (Å²) in [5.41, 5.74) is 14.3. The van der Waals surface area contributed by atoms with Gasteiger partial charge in [-0.25, -0.2) is 0 Å². The number of rotatable bonds is 30. The van der Waals surface area contributed by atoms with E-state index in [0.717, 1.165) is 16.5 Å². The van der Waals surface area contributed by atoms with Crippen molar-refractivity contribution in [2.75, 3.05) is 26.2 Å². The van der Waals surface area contributed by atoms with Crippen molar-refractivity contribution < 1.29 is 53.7 Å². The molecule has 0 radical (unpaired) electrons. The molecule has 5 aromatic rings. The zero-order valence-corrected chi connectivity index (χ0v) is 48.1. The van der Waals surface area contributed by atoms with Crippen molar-refractivity contribution in [3.8, 4) is 11.5 Å². The zero-order chi connectivity index (χ0) is 60.9. The molecule has 1 aliphatic rings. The van der Waals surface area contributed by atoms with Gasteiger partial charge >= 0.3 is 0 Å². The van der Waals surface area contributed by atoms with E-state index in [2.05, 4.69) is 47.2 Å². The van der Waals surface area contributed by atoms with Crippen LogP contribution in [0.5, 0.6) is 11.5 Å². The number of aliphatic hydroxyl groups excluding tert-OH is 1. The first kappa shape index (κ1) is 64.5. The van der Waals surface area contributed by atoms with Gasteiger partial charge in [0.05, 0.1) is 6.61 Å². The minimum atomic E-state index is -1.69. The Labute approximate surface area is 492 Å². The lowest BCUT2D eigenvalue weighted by Gasteiger charge is -2.30. The molecular formula is C60H77ClN12O11. The van der Waals surface area contributed by atoms with Gasteiger partial charge in [-0.05, 0) is 116 Å².